The molecule has 0 fully saturated rings. The largest absolute Gasteiger partial charge is 0.270 e. The molecule has 3 heterocycles. The van der Waals surface area contributed by atoms with Crippen molar-refractivity contribution in [2.45, 2.75) is 18.5 Å². The van der Waals surface area contributed by atoms with Crippen LogP contribution in [0.2, 0.25) is 5.02 Å². The van der Waals surface area contributed by atoms with Gasteiger partial charge in [0.1, 0.15) is 0 Å². The van der Waals surface area contributed by atoms with Crippen LogP contribution in [0.1, 0.15) is 11.1 Å². The van der Waals surface area contributed by atoms with Crippen molar-refractivity contribution in [1.82, 2.24) is 24.7 Å². The van der Waals surface area contributed by atoms with Gasteiger partial charge in [-0.2, -0.15) is 0 Å². The van der Waals surface area contributed by atoms with Gasteiger partial charge in [0.15, 0.2) is 11.0 Å². The molecule has 0 unspecified atom stereocenters. The fourth-order valence-corrected chi connectivity index (χ4v) is 4.02. The molecular weight excluding hydrogens is 390 g/mol. The van der Waals surface area contributed by atoms with Crippen molar-refractivity contribution in [3.63, 3.8) is 0 Å². The molecule has 0 saturated carbocycles. The molecule has 140 valence electrons. The highest BCUT2D eigenvalue weighted by Gasteiger charge is 2.18. The smallest absolute Gasteiger partial charge is 0.196 e. The first-order valence-electron chi connectivity index (χ1n) is 8.87. The minimum Gasteiger partial charge on any atom is -0.270 e. The van der Waals surface area contributed by atoms with E-state index in [1.165, 1.54) is 5.56 Å². The molecule has 0 N–H and O–H groups in total. The van der Waals surface area contributed by atoms with Crippen molar-refractivity contribution < 1.29 is 0 Å². The van der Waals surface area contributed by atoms with Crippen molar-refractivity contribution >= 4 is 23.4 Å². The molecule has 0 spiro atoms. The molecule has 0 aliphatic carbocycles. The summed E-state index contributed by atoms with van der Waals surface area (Å²) in [5.74, 6) is 1.66. The van der Waals surface area contributed by atoms with Crippen LogP contribution in [0.25, 0.3) is 17.1 Å². The predicted molar refractivity (Wildman–Crippen MR) is 113 cm³/mol. The predicted octanol–water partition coefficient (Wildman–Crippen LogP) is 5.02. The van der Waals surface area contributed by atoms with E-state index in [2.05, 4.69) is 24.7 Å². The van der Waals surface area contributed by atoms with Gasteiger partial charge in [0.05, 0.1) is 5.69 Å². The topological polar surface area (TPSA) is 56.5 Å². The Kier molecular flexibility index (Phi) is 5.69. The Balaban J connectivity index is 1.70. The maximum absolute atomic E-state index is 6.39. The Morgan fingerprint density at radius 1 is 0.929 bits per heavy atom. The SMILES string of the molecule is Cc1c(Cl)cccc1-n1c(SCCc2ccncc2)nnc1-c1ccncc1. The molecule has 5 nitrogen and oxygen atoms in total. The van der Waals surface area contributed by atoms with E-state index in [1.54, 1.807) is 24.2 Å². The monoisotopic (exact) mass is 407 g/mol. The van der Waals surface area contributed by atoms with Gasteiger partial charge in [-0.3, -0.25) is 14.5 Å². The van der Waals surface area contributed by atoms with Crippen molar-refractivity contribution in [2.75, 3.05) is 5.75 Å². The van der Waals surface area contributed by atoms with Crippen molar-refractivity contribution in [2.24, 2.45) is 0 Å². The molecule has 0 aliphatic rings. The van der Waals surface area contributed by atoms with E-state index in [4.69, 9.17) is 11.6 Å². The molecule has 4 rings (SSSR count). The lowest BCUT2D eigenvalue weighted by Crippen LogP contribution is -2.03. The molecule has 4 aromatic rings. The average Bonchev–Trinajstić information content (AvgIpc) is 3.15. The Morgan fingerprint density at radius 3 is 2.39 bits per heavy atom. The highest BCUT2D eigenvalue weighted by atomic mass is 35.5. The van der Waals surface area contributed by atoms with Crippen LogP contribution < -0.4 is 0 Å². The van der Waals surface area contributed by atoms with E-state index in [-0.39, 0.29) is 0 Å². The lowest BCUT2D eigenvalue weighted by molar-refractivity contribution is 0.879. The van der Waals surface area contributed by atoms with Crippen molar-refractivity contribution in [3.05, 3.63) is 83.4 Å². The maximum Gasteiger partial charge on any atom is 0.196 e. The number of nitrogens with zero attached hydrogens (tertiary/aromatic N) is 5. The number of thioether (sulfide) groups is 1. The Morgan fingerprint density at radius 2 is 1.64 bits per heavy atom. The third kappa shape index (κ3) is 3.93. The number of aromatic nitrogens is 5. The quantitative estimate of drug-likeness (QED) is 0.420. The van der Waals surface area contributed by atoms with Gasteiger partial charge in [0.25, 0.3) is 0 Å². The molecule has 0 bridgehead atoms. The standard InChI is InChI=1S/C21H18ClN5S/c1-15-18(22)3-2-4-19(15)27-20(17-7-12-24-13-8-17)25-26-21(27)28-14-9-16-5-10-23-11-6-16/h2-8,10-13H,9,14H2,1H3. The second kappa shape index (κ2) is 8.54. The zero-order valence-corrected chi connectivity index (χ0v) is 16.9. The van der Waals surface area contributed by atoms with E-state index < -0.39 is 0 Å². The highest BCUT2D eigenvalue weighted by Crippen LogP contribution is 2.31. The van der Waals surface area contributed by atoms with Gasteiger partial charge in [-0.1, -0.05) is 29.4 Å². The second-order valence-electron chi connectivity index (χ2n) is 6.22. The summed E-state index contributed by atoms with van der Waals surface area (Å²) < 4.78 is 2.08. The minimum atomic E-state index is 0.722. The zero-order chi connectivity index (χ0) is 19.3. The molecule has 1 aromatic carbocycles. The van der Waals surface area contributed by atoms with Crippen LogP contribution in [0, 0.1) is 6.92 Å². The lowest BCUT2D eigenvalue weighted by Gasteiger charge is -2.13. The Bertz CT molecular complexity index is 1070. The van der Waals surface area contributed by atoms with Crippen LogP contribution in [0.4, 0.5) is 0 Å². The van der Waals surface area contributed by atoms with Crippen LogP contribution in [-0.4, -0.2) is 30.5 Å². The molecular formula is C21H18ClN5S. The first-order chi connectivity index (χ1) is 13.7. The number of benzene rings is 1. The molecule has 0 amide bonds. The summed E-state index contributed by atoms with van der Waals surface area (Å²) in [5.41, 5.74) is 4.19. The van der Waals surface area contributed by atoms with Crippen LogP contribution in [-0.2, 0) is 6.42 Å². The third-order valence-electron chi connectivity index (χ3n) is 4.42. The Hall–Kier alpha value is -2.70. The van der Waals surface area contributed by atoms with Gasteiger partial charge in [0, 0.05) is 41.1 Å². The van der Waals surface area contributed by atoms with E-state index in [9.17, 15) is 0 Å². The first-order valence-corrected chi connectivity index (χ1v) is 10.2. The van der Waals surface area contributed by atoms with Gasteiger partial charge < -0.3 is 0 Å². The summed E-state index contributed by atoms with van der Waals surface area (Å²) in [5, 5.41) is 10.5. The minimum absolute atomic E-state index is 0.722. The van der Waals surface area contributed by atoms with Crippen LogP contribution in [0.5, 0.6) is 0 Å². The van der Waals surface area contributed by atoms with Crippen LogP contribution >= 0.6 is 23.4 Å². The summed E-state index contributed by atoms with van der Waals surface area (Å²) >= 11 is 8.07. The summed E-state index contributed by atoms with van der Waals surface area (Å²) in [6, 6.07) is 13.8. The summed E-state index contributed by atoms with van der Waals surface area (Å²) in [4.78, 5) is 8.18. The van der Waals surface area contributed by atoms with Gasteiger partial charge in [-0.05, 0) is 60.9 Å². The fourth-order valence-electron chi connectivity index (χ4n) is 2.92. The van der Waals surface area contributed by atoms with Crippen molar-refractivity contribution in [3.8, 4) is 17.1 Å². The summed E-state index contributed by atoms with van der Waals surface area (Å²) in [7, 11) is 0. The first kappa shape index (κ1) is 18.7. The average molecular weight is 408 g/mol. The van der Waals surface area contributed by atoms with E-state index in [1.807, 2.05) is 61.8 Å². The molecule has 0 atom stereocenters. The maximum atomic E-state index is 6.39. The number of aryl methyl sites for hydroxylation is 1. The number of hydrogen-bond donors (Lipinski definition) is 0. The van der Waals surface area contributed by atoms with Gasteiger partial charge >= 0.3 is 0 Å². The number of pyridine rings is 2. The summed E-state index contributed by atoms with van der Waals surface area (Å²) in [6.45, 7) is 2.01. The van der Waals surface area contributed by atoms with E-state index >= 15 is 0 Å². The van der Waals surface area contributed by atoms with Gasteiger partial charge in [-0.25, -0.2) is 0 Å². The normalized spacial score (nSPS) is 10.9. The molecule has 0 aliphatic heterocycles. The number of hydrogen-bond acceptors (Lipinski definition) is 5. The highest BCUT2D eigenvalue weighted by molar-refractivity contribution is 7.99. The van der Waals surface area contributed by atoms with E-state index in [0.717, 1.165) is 45.0 Å². The van der Waals surface area contributed by atoms with Crippen molar-refractivity contribution in [1.29, 1.82) is 0 Å². The van der Waals surface area contributed by atoms with Crippen LogP contribution in [0.15, 0.2) is 72.4 Å². The summed E-state index contributed by atoms with van der Waals surface area (Å²) in [6.07, 6.45) is 8.09. The molecule has 7 heteroatoms. The van der Waals surface area contributed by atoms with Gasteiger partial charge in [-0.15, -0.1) is 10.2 Å². The number of halogens is 1. The van der Waals surface area contributed by atoms with Crippen LogP contribution in [0.3, 0.4) is 0 Å². The zero-order valence-electron chi connectivity index (χ0n) is 15.3. The number of rotatable bonds is 6. The Labute approximate surface area is 172 Å². The molecule has 0 saturated heterocycles. The molecule has 0 radical (unpaired) electrons. The third-order valence-corrected chi connectivity index (χ3v) is 5.76. The lowest BCUT2D eigenvalue weighted by atomic mass is 10.2. The molecule has 3 aromatic heterocycles. The molecule has 28 heavy (non-hydrogen) atoms. The fraction of sp³-hybridized carbons (Fsp3) is 0.143. The van der Waals surface area contributed by atoms with Gasteiger partial charge in [0.2, 0.25) is 0 Å². The second-order valence-corrected chi connectivity index (χ2v) is 7.68. The van der Waals surface area contributed by atoms with E-state index in [0.29, 0.717) is 0 Å².